The van der Waals surface area contributed by atoms with Gasteiger partial charge in [0.25, 0.3) is 5.91 Å². The molecule has 0 spiro atoms. The van der Waals surface area contributed by atoms with Gasteiger partial charge in [0.2, 0.25) is 0 Å². The zero-order chi connectivity index (χ0) is 16.1. The van der Waals surface area contributed by atoms with Gasteiger partial charge in [0, 0.05) is 18.2 Å². The highest BCUT2D eigenvalue weighted by atomic mass is 16.5. The van der Waals surface area contributed by atoms with Gasteiger partial charge in [-0.3, -0.25) is 9.59 Å². The van der Waals surface area contributed by atoms with Crippen LogP contribution in [0.25, 0.3) is 0 Å². The van der Waals surface area contributed by atoms with Crippen molar-refractivity contribution < 1.29 is 19.4 Å². The second kappa shape index (κ2) is 7.29. The van der Waals surface area contributed by atoms with Gasteiger partial charge in [0.1, 0.15) is 5.75 Å². The Bertz CT molecular complexity index is 539. The maximum Gasteiger partial charge on any atom is 0.308 e. The van der Waals surface area contributed by atoms with Crippen molar-refractivity contribution in [3.05, 3.63) is 29.8 Å². The third-order valence-electron chi connectivity index (χ3n) is 3.69. The maximum atomic E-state index is 12.7. The molecule has 5 nitrogen and oxygen atoms in total. The Labute approximate surface area is 130 Å². The number of aliphatic carboxylic acids is 1. The zero-order valence-electron chi connectivity index (χ0n) is 13.1. The molecule has 1 N–H and O–H groups in total. The molecule has 0 aromatic heterocycles. The van der Waals surface area contributed by atoms with Crippen LogP contribution in [0.1, 0.15) is 43.5 Å². The second-order valence-corrected chi connectivity index (χ2v) is 5.80. The van der Waals surface area contributed by atoms with E-state index < -0.39 is 11.9 Å². The first-order chi connectivity index (χ1) is 10.5. The van der Waals surface area contributed by atoms with E-state index in [-0.39, 0.29) is 18.5 Å². The average molecular weight is 305 g/mol. The number of carboxylic acid groups (broad SMARTS) is 1. The zero-order valence-corrected chi connectivity index (χ0v) is 13.1. The number of hydrogen-bond acceptors (Lipinski definition) is 3. The number of rotatable bonds is 8. The predicted molar refractivity (Wildman–Crippen MR) is 83.1 cm³/mol. The summed E-state index contributed by atoms with van der Waals surface area (Å²) in [4.78, 5) is 25.4. The molecule has 1 unspecified atom stereocenters. The summed E-state index contributed by atoms with van der Waals surface area (Å²) in [5.41, 5.74) is 0.554. The van der Waals surface area contributed by atoms with Gasteiger partial charge in [0.15, 0.2) is 0 Å². The fourth-order valence-corrected chi connectivity index (χ4v) is 2.26. The number of amides is 1. The van der Waals surface area contributed by atoms with E-state index in [9.17, 15) is 9.59 Å². The van der Waals surface area contributed by atoms with Crippen LogP contribution in [0.3, 0.4) is 0 Å². The molecule has 1 amide bonds. The van der Waals surface area contributed by atoms with Crippen LogP contribution >= 0.6 is 0 Å². The minimum atomic E-state index is -0.876. The molecule has 22 heavy (non-hydrogen) atoms. The predicted octanol–water partition coefficient (Wildman–Crippen LogP) is 2.80. The molecule has 120 valence electrons. The Hall–Kier alpha value is -2.04. The molecule has 5 heteroatoms. The monoisotopic (exact) mass is 305 g/mol. The van der Waals surface area contributed by atoms with Crippen molar-refractivity contribution in [3.63, 3.8) is 0 Å². The first-order valence-electron chi connectivity index (χ1n) is 7.79. The molecule has 1 aromatic rings. The molecule has 1 fully saturated rings. The van der Waals surface area contributed by atoms with E-state index >= 15 is 0 Å². The van der Waals surface area contributed by atoms with Crippen molar-refractivity contribution in [1.29, 1.82) is 0 Å². The summed E-state index contributed by atoms with van der Waals surface area (Å²) in [6, 6.07) is 7.29. The van der Waals surface area contributed by atoms with E-state index in [4.69, 9.17) is 9.84 Å². The minimum absolute atomic E-state index is 0.113. The van der Waals surface area contributed by atoms with Gasteiger partial charge in [-0.25, -0.2) is 0 Å². The Kier molecular flexibility index (Phi) is 5.41. The molecule has 0 aliphatic heterocycles. The van der Waals surface area contributed by atoms with Crippen LogP contribution in [-0.2, 0) is 4.79 Å². The molecule has 0 radical (unpaired) electrons. The maximum absolute atomic E-state index is 12.7. The van der Waals surface area contributed by atoms with Gasteiger partial charge in [-0.2, -0.15) is 0 Å². The van der Waals surface area contributed by atoms with Gasteiger partial charge in [-0.05, 0) is 37.5 Å². The normalized spacial score (nSPS) is 15.2. The standard InChI is InChI=1S/C17H23NO4/c1-3-9-22-15-6-4-5-13(10-15)16(19)18(14-7-8-14)11-12(2)17(20)21/h4-6,10,12,14H,3,7-9,11H2,1-2H3,(H,20,21). The lowest BCUT2D eigenvalue weighted by molar-refractivity contribution is -0.141. The third kappa shape index (κ3) is 4.23. The molecule has 0 bridgehead atoms. The van der Waals surface area contributed by atoms with E-state index in [1.54, 1.807) is 30.0 Å². The van der Waals surface area contributed by atoms with Crippen molar-refractivity contribution >= 4 is 11.9 Å². The van der Waals surface area contributed by atoms with Crippen LogP contribution in [0.4, 0.5) is 0 Å². The molecular weight excluding hydrogens is 282 g/mol. The molecule has 1 aliphatic rings. The van der Waals surface area contributed by atoms with Gasteiger partial charge in [0.05, 0.1) is 12.5 Å². The second-order valence-electron chi connectivity index (χ2n) is 5.80. The first-order valence-corrected chi connectivity index (χ1v) is 7.79. The van der Waals surface area contributed by atoms with Crippen molar-refractivity contribution in [1.82, 2.24) is 4.90 Å². The van der Waals surface area contributed by atoms with Crippen LogP contribution in [0.5, 0.6) is 5.75 Å². The summed E-state index contributed by atoms with van der Waals surface area (Å²) < 4.78 is 5.56. The fraction of sp³-hybridized carbons (Fsp3) is 0.529. The minimum Gasteiger partial charge on any atom is -0.494 e. The van der Waals surface area contributed by atoms with Gasteiger partial charge in [-0.1, -0.05) is 19.9 Å². The van der Waals surface area contributed by atoms with Crippen molar-refractivity contribution in [2.24, 2.45) is 5.92 Å². The number of carbonyl (C=O) groups excluding carboxylic acids is 1. The number of carbonyl (C=O) groups is 2. The molecule has 1 aromatic carbocycles. The first kappa shape index (κ1) is 16.3. The average Bonchev–Trinajstić information content (AvgIpc) is 3.34. The lowest BCUT2D eigenvalue weighted by Gasteiger charge is -2.24. The highest BCUT2D eigenvalue weighted by molar-refractivity contribution is 5.95. The fourth-order valence-electron chi connectivity index (χ4n) is 2.26. The van der Waals surface area contributed by atoms with Gasteiger partial charge < -0.3 is 14.7 Å². The van der Waals surface area contributed by atoms with Crippen molar-refractivity contribution in [2.75, 3.05) is 13.2 Å². The summed E-state index contributed by atoms with van der Waals surface area (Å²) in [6.07, 6.45) is 2.80. The number of benzene rings is 1. The van der Waals surface area contributed by atoms with Gasteiger partial charge >= 0.3 is 5.97 Å². The number of carboxylic acids is 1. The Morgan fingerprint density at radius 3 is 2.73 bits per heavy atom. The summed E-state index contributed by atoms with van der Waals surface area (Å²) in [5, 5.41) is 9.07. The molecule has 2 rings (SSSR count). The lowest BCUT2D eigenvalue weighted by atomic mass is 10.1. The molecule has 0 saturated heterocycles. The highest BCUT2D eigenvalue weighted by Crippen LogP contribution is 2.29. The highest BCUT2D eigenvalue weighted by Gasteiger charge is 2.35. The van der Waals surface area contributed by atoms with Crippen LogP contribution in [0, 0.1) is 5.92 Å². The van der Waals surface area contributed by atoms with E-state index in [1.807, 2.05) is 13.0 Å². The Morgan fingerprint density at radius 1 is 1.41 bits per heavy atom. The number of hydrogen-bond donors (Lipinski definition) is 1. The Morgan fingerprint density at radius 2 is 2.14 bits per heavy atom. The summed E-state index contributed by atoms with van der Waals surface area (Å²) >= 11 is 0. The van der Waals surface area contributed by atoms with Crippen LogP contribution < -0.4 is 4.74 Å². The molecular formula is C17H23NO4. The summed E-state index contributed by atoms with van der Waals surface area (Å²) in [5.74, 6) is -0.880. The largest absolute Gasteiger partial charge is 0.494 e. The van der Waals surface area contributed by atoms with Gasteiger partial charge in [-0.15, -0.1) is 0 Å². The number of ether oxygens (including phenoxy) is 1. The summed E-state index contributed by atoms with van der Waals surface area (Å²) in [6.45, 7) is 4.52. The molecule has 0 heterocycles. The van der Waals surface area contributed by atoms with E-state index in [0.29, 0.717) is 17.9 Å². The third-order valence-corrected chi connectivity index (χ3v) is 3.69. The molecule has 1 atom stereocenters. The van der Waals surface area contributed by atoms with Crippen LogP contribution in [-0.4, -0.2) is 41.1 Å². The SMILES string of the molecule is CCCOc1cccc(C(=O)N(CC(C)C(=O)O)C2CC2)c1. The van der Waals surface area contributed by atoms with E-state index in [0.717, 1.165) is 19.3 Å². The van der Waals surface area contributed by atoms with Crippen molar-refractivity contribution in [3.8, 4) is 5.75 Å². The lowest BCUT2D eigenvalue weighted by Crippen LogP contribution is -2.38. The van der Waals surface area contributed by atoms with E-state index in [1.165, 1.54) is 0 Å². The summed E-state index contributed by atoms with van der Waals surface area (Å²) in [7, 11) is 0. The number of nitrogens with zero attached hydrogens (tertiary/aromatic N) is 1. The molecule has 1 aliphatic carbocycles. The van der Waals surface area contributed by atoms with Crippen molar-refractivity contribution in [2.45, 2.75) is 39.2 Å². The van der Waals surface area contributed by atoms with Crippen LogP contribution in [0.15, 0.2) is 24.3 Å². The van der Waals surface area contributed by atoms with Crippen LogP contribution in [0.2, 0.25) is 0 Å². The quantitative estimate of drug-likeness (QED) is 0.802. The topological polar surface area (TPSA) is 66.8 Å². The smallest absolute Gasteiger partial charge is 0.308 e. The Balaban J connectivity index is 2.11. The molecule has 1 saturated carbocycles. The van der Waals surface area contributed by atoms with E-state index in [2.05, 4.69) is 0 Å².